The summed E-state index contributed by atoms with van der Waals surface area (Å²) < 4.78 is 5.56. The highest BCUT2D eigenvalue weighted by Gasteiger charge is 2.26. The van der Waals surface area contributed by atoms with Gasteiger partial charge in [-0.15, -0.1) is 0 Å². The summed E-state index contributed by atoms with van der Waals surface area (Å²) in [5, 5.41) is 12.3. The molecule has 30 heavy (non-hydrogen) atoms. The largest absolute Gasteiger partial charge is 0.449 e. The first-order chi connectivity index (χ1) is 14.6. The van der Waals surface area contributed by atoms with Gasteiger partial charge in [0.25, 0.3) is 5.91 Å². The number of ether oxygens (including phenoxy) is 1. The van der Waals surface area contributed by atoms with E-state index in [0.717, 1.165) is 47.8 Å². The van der Waals surface area contributed by atoms with Gasteiger partial charge in [-0.3, -0.25) is 9.78 Å². The van der Waals surface area contributed by atoms with E-state index in [4.69, 9.17) is 15.0 Å². The number of hydrogen-bond acceptors (Lipinski definition) is 5. The van der Waals surface area contributed by atoms with Crippen LogP contribution in [0.1, 0.15) is 46.9 Å². The molecule has 6 heteroatoms. The maximum absolute atomic E-state index is 13.1. The summed E-state index contributed by atoms with van der Waals surface area (Å²) in [4.78, 5) is 30.4. The van der Waals surface area contributed by atoms with Crippen LogP contribution in [-0.4, -0.2) is 23.0 Å². The molecule has 1 N–H and O–H groups in total. The molecule has 1 aliphatic rings. The molecule has 0 saturated carbocycles. The second kappa shape index (κ2) is 8.34. The quantitative estimate of drug-likeness (QED) is 0.665. The number of fused-ring (bicyclic) bond motifs is 2. The molecule has 1 aromatic heterocycles. The van der Waals surface area contributed by atoms with Crippen molar-refractivity contribution in [2.45, 2.75) is 38.7 Å². The van der Waals surface area contributed by atoms with Crippen LogP contribution < -0.4 is 5.32 Å². The molecular formula is C24H21N3O3. The summed E-state index contributed by atoms with van der Waals surface area (Å²) in [6.45, 7) is 1.55. The van der Waals surface area contributed by atoms with E-state index in [1.54, 1.807) is 31.2 Å². The Morgan fingerprint density at radius 3 is 2.60 bits per heavy atom. The first-order valence-electron chi connectivity index (χ1n) is 9.99. The highest BCUT2D eigenvalue weighted by Crippen LogP contribution is 2.30. The molecule has 0 fully saturated rings. The van der Waals surface area contributed by atoms with Crippen LogP contribution in [0.5, 0.6) is 0 Å². The lowest BCUT2D eigenvalue weighted by molar-refractivity contribution is -0.123. The van der Waals surface area contributed by atoms with Gasteiger partial charge < -0.3 is 10.1 Å². The predicted octanol–water partition coefficient (Wildman–Crippen LogP) is 4.17. The van der Waals surface area contributed by atoms with Gasteiger partial charge in [-0.05, 0) is 68.5 Å². The van der Waals surface area contributed by atoms with Crippen molar-refractivity contribution in [2.24, 2.45) is 0 Å². The van der Waals surface area contributed by atoms with E-state index in [9.17, 15) is 9.59 Å². The van der Waals surface area contributed by atoms with Crippen LogP contribution in [0.3, 0.4) is 0 Å². The van der Waals surface area contributed by atoms with Crippen molar-refractivity contribution in [3.8, 4) is 6.07 Å². The molecule has 0 unspecified atom stereocenters. The number of benzene rings is 2. The number of hydrogen-bond donors (Lipinski definition) is 1. The van der Waals surface area contributed by atoms with E-state index in [1.165, 1.54) is 0 Å². The summed E-state index contributed by atoms with van der Waals surface area (Å²) in [7, 11) is 0. The van der Waals surface area contributed by atoms with E-state index in [-0.39, 0.29) is 0 Å². The fourth-order valence-electron chi connectivity index (χ4n) is 3.75. The smallest absolute Gasteiger partial charge is 0.339 e. The van der Waals surface area contributed by atoms with Crippen LogP contribution in [-0.2, 0) is 22.4 Å². The SMILES string of the molecule is C[C@@H](OC(=O)c1c2c(nc3ccccc13)CCCC2)C(=O)Nc1ccc(C#N)cc1. The average molecular weight is 399 g/mol. The number of nitriles is 1. The lowest BCUT2D eigenvalue weighted by Gasteiger charge is -2.21. The fraction of sp³-hybridized carbons (Fsp3) is 0.250. The third kappa shape index (κ3) is 3.87. The molecule has 4 rings (SSSR count). The Kier molecular flexibility index (Phi) is 5.44. The van der Waals surface area contributed by atoms with E-state index in [0.29, 0.717) is 16.8 Å². The second-order valence-electron chi connectivity index (χ2n) is 7.36. The minimum Gasteiger partial charge on any atom is -0.449 e. The van der Waals surface area contributed by atoms with E-state index < -0.39 is 18.0 Å². The van der Waals surface area contributed by atoms with E-state index >= 15 is 0 Å². The fourth-order valence-corrected chi connectivity index (χ4v) is 3.75. The number of para-hydroxylation sites is 1. The number of carbonyl (C=O) groups is 2. The summed E-state index contributed by atoms with van der Waals surface area (Å²) >= 11 is 0. The zero-order chi connectivity index (χ0) is 21.1. The number of esters is 1. The maximum Gasteiger partial charge on any atom is 0.339 e. The van der Waals surface area contributed by atoms with Crippen LogP contribution in [0.25, 0.3) is 10.9 Å². The molecule has 0 aliphatic heterocycles. The standard InChI is InChI=1S/C24H21N3O3/c1-15(23(28)26-17-12-10-16(14-25)11-13-17)30-24(29)22-18-6-2-4-8-20(18)27-21-9-5-3-7-19(21)22/h2,4,6,8,10-13,15H,3,5,7,9H2,1H3,(H,26,28)/t15-/m1/s1. The number of nitrogens with one attached hydrogen (secondary N) is 1. The molecular weight excluding hydrogens is 378 g/mol. The van der Waals surface area contributed by atoms with Gasteiger partial charge in [0.1, 0.15) is 0 Å². The zero-order valence-corrected chi connectivity index (χ0v) is 16.6. The summed E-state index contributed by atoms with van der Waals surface area (Å²) in [6.07, 6.45) is 2.70. The monoisotopic (exact) mass is 399 g/mol. The number of aromatic nitrogens is 1. The molecule has 1 aliphatic carbocycles. The van der Waals surface area contributed by atoms with Gasteiger partial charge in [0.05, 0.1) is 22.7 Å². The number of pyridine rings is 1. The van der Waals surface area contributed by atoms with Gasteiger partial charge in [0, 0.05) is 16.8 Å². The van der Waals surface area contributed by atoms with Crippen LogP contribution in [0.4, 0.5) is 5.69 Å². The Morgan fingerprint density at radius 2 is 1.83 bits per heavy atom. The lowest BCUT2D eigenvalue weighted by Crippen LogP contribution is -2.30. The number of rotatable bonds is 4. The Morgan fingerprint density at radius 1 is 1.10 bits per heavy atom. The van der Waals surface area contributed by atoms with E-state index in [2.05, 4.69) is 5.32 Å². The Labute approximate surface area is 174 Å². The molecule has 1 amide bonds. The topological polar surface area (TPSA) is 92.1 Å². The first kappa shape index (κ1) is 19.6. The summed E-state index contributed by atoms with van der Waals surface area (Å²) in [6, 6.07) is 16.1. The van der Waals surface area contributed by atoms with Crippen LogP contribution in [0.15, 0.2) is 48.5 Å². The van der Waals surface area contributed by atoms with Gasteiger partial charge in [0.15, 0.2) is 6.10 Å². The van der Waals surface area contributed by atoms with Crippen molar-refractivity contribution in [3.05, 3.63) is 70.9 Å². The first-order valence-corrected chi connectivity index (χ1v) is 9.99. The third-order valence-corrected chi connectivity index (χ3v) is 5.31. The molecule has 150 valence electrons. The van der Waals surface area contributed by atoms with Crippen LogP contribution in [0, 0.1) is 11.3 Å². The Balaban J connectivity index is 1.56. The number of nitrogens with zero attached hydrogens (tertiary/aromatic N) is 2. The number of aryl methyl sites for hydroxylation is 1. The lowest BCUT2D eigenvalue weighted by atomic mass is 9.90. The van der Waals surface area contributed by atoms with Crippen molar-refractivity contribution < 1.29 is 14.3 Å². The van der Waals surface area contributed by atoms with Crippen molar-refractivity contribution in [3.63, 3.8) is 0 Å². The summed E-state index contributed by atoms with van der Waals surface area (Å²) in [5.74, 6) is -0.936. The molecule has 2 aromatic carbocycles. The van der Waals surface area contributed by atoms with Gasteiger partial charge in [-0.2, -0.15) is 5.26 Å². The third-order valence-electron chi connectivity index (χ3n) is 5.31. The molecule has 6 nitrogen and oxygen atoms in total. The normalized spacial score (nSPS) is 13.7. The summed E-state index contributed by atoms with van der Waals surface area (Å²) in [5.41, 5.74) is 4.20. The van der Waals surface area contributed by atoms with Crippen LogP contribution >= 0.6 is 0 Å². The Bertz CT molecular complexity index is 1160. The molecule has 0 bridgehead atoms. The molecule has 3 aromatic rings. The Hall–Kier alpha value is -3.72. The molecule has 0 spiro atoms. The number of carbonyl (C=O) groups excluding carboxylic acids is 2. The average Bonchev–Trinajstić information content (AvgIpc) is 2.77. The molecule has 1 atom stereocenters. The minimum atomic E-state index is -0.973. The number of amides is 1. The zero-order valence-electron chi connectivity index (χ0n) is 16.6. The van der Waals surface area contributed by atoms with Crippen molar-refractivity contribution >= 4 is 28.5 Å². The highest BCUT2D eigenvalue weighted by molar-refractivity contribution is 6.06. The van der Waals surface area contributed by atoms with Gasteiger partial charge >= 0.3 is 5.97 Å². The van der Waals surface area contributed by atoms with Crippen molar-refractivity contribution in [1.29, 1.82) is 5.26 Å². The van der Waals surface area contributed by atoms with E-state index in [1.807, 2.05) is 30.3 Å². The van der Waals surface area contributed by atoms with Crippen LogP contribution in [0.2, 0.25) is 0 Å². The van der Waals surface area contributed by atoms with Crippen molar-refractivity contribution in [2.75, 3.05) is 5.32 Å². The predicted molar refractivity (Wildman–Crippen MR) is 113 cm³/mol. The molecule has 0 radical (unpaired) electrons. The van der Waals surface area contributed by atoms with Crippen molar-refractivity contribution in [1.82, 2.24) is 4.98 Å². The van der Waals surface area contributed by atoms with Gasteiger partial charge in [0.2, 0.25) is 0 Å². The molecule has 1 heterocycles. The maximum atomic E-state index is 13.1. The van der Waals surface area contributed by atoms with Gasteiger partial charge in [-0.25, -0.2) is 4.79 Å². The second-order valence-corrected chi connectivity index (χ2v) is 7.36. The highest BCUT2D eigenvalue weighted by atomic mass is 16.5. The number of anilines is 1. The molecule has 0 saturated heterocycles. The van der Waals surface area contributed by atoms with Gasteiger partial charge in [-0.1, -0.05) is 18.2 Å². The minimum absolute atomic E-state index is 0.430.